The molecule has 0 unspecified atom stereocenters. The highest BCUT2D eigenvalue weighted by Crippen LogP contribution is 2.07. The van der Waals surface area contributed by atoms with Gasteiger partial charge in [-0.15, -0.1) is 0 Å². The minimum atomic E-state index is -0.322. The fourth-order valence-electron chi connectivity index (χ4n) is 3.04. The molecule has 128 valence electrons. The minimum absolute atomic E-state index is 0.181. The average Bonchev–Trinajstić information content (AvgIpc) is 3.08. The fourth-order valence-corrected chi connectivity index (χ4v) is 3.04. The molecule has 24 heavy (non-hydrogen) atoms. The third kappa shape index (κ3) is 3.56. The average molecular weight is 329 g/mol. The standard InChI is InChI=1S/C17H23N5O2/c1-2-15-18-6-7-21(15)11-8-20-9-12-22(13-10-20)17(24)14-4-3-5-19-16(14)23/h3-7H,2,8-13H2,1H3,(H,19,23). The molecule has 1 saturated heterocycles. The van der Waals surface area contributed by atoms with Crippen molar-refractivity contribution in [1.82, 2.24) is 24.3 Å². The summed E-state index contributed by atoms with van der Waals surface area (Å²) in [5, 5.41) is 0. The highest BCUT2D eigenvalue weighted by molar-refractivity contribution is 5.93. The Labute approximate surface area is 140 Å². The number of hydrogen-bond acceptors (Lipinski definition) is 4. The van der Waals surface area contributed by atoms with E-state index in [9.17, 15) is 9.59 Å². The van der Waals surface area contributed by atoms with Crippen molar-refractivity contribution in [2.45, 2.75) is 19.9 Å². The third-order valence-electron chi connectivity index (χ3n) is 4.48. The maximum absolute atomic E-state index is 12.4. The molecule has 0 aromatic carbocycles. The predicted molar refractivity (Wildman–Crippen MR) is 91.0 cm³/mol. The molecule has 0 spiro atoms. The van der Waals surface area contributed by atoms with E-state index in [2.05, 4.69) is 26.4 Å². The highest BCUT2D eigenvalue weighted by Gasteiger charge is 2.23. The Kier molecular flexibility index (Phi) is 5.10. The zero-order chi connectivity index (χ0) is 16.9. The molecule has 1 N–H and O–H groups in total. The number of nitrogens with zero attached hydrogens (tertiary/aromatic N) is 4. The molecule has 0 atom stereocenters. The number of hydrogen-bond donors (Lipinski definition) is 1. The van der Waals surface area contributed by atoms with E-state index in [1.807, 2.05) is 12.4 Å². The van der Waals surface area contributed by atoms with Gasteiger partial charge in [-0.3, -0.25) is 14.5 Å². The molecule has 3 heterocycles. The summed E-state index contributed by atoms with van der Waals surface area (Å²) in [6.07, 6.45) is 6.33. The molecule has 2 aromatic rings. The van der Waals surface area contributed by atoms with E-state index in [4.69, 9.17) is 0 Å². The first-order valence-corrected chi connectivity index (χ1v) is 8.38. The summed E-state index contributed by atoms with van der Waals surface area (Å²) >= 11 is 0. The molecule has 0 saturated carbocycles. The van der Waals surface area contributed by atoms with Gasteiger partial charge < -0.3 is 14.5 Å². The van der Waals surface area contributed by atoms with Crippen LogP contribution in [0.3, 0.4) is 0 Å². The Bertz CT molecular complexity index is 743. The molecule has 7 heteroatoms. The summed E-state index contributed by atoms with van der Waals surface area (Å²) < 4.78 is 2.18. The summed E-state index contributed by atoms with van der Waals surface area (Å²) in [5.74, 6) is 0.923. The summed E-state index contributed by atoms with van der Waals surface area (Å²) in [4.78, 5) is 35.2. The fraction of sp³-hybridized carbons (Fsp3) is 0.471. The van der Waals surface area contributed by atoms with Gasteiger partial charge in [0, 0.05) is 64.3 Å². The van der Waals surface area contributed by atoms with Crippen molar-refractivity contribution in [3.8, 4) is 0 Å². The van der Waals surface area contributed by atoms with Gasteiger partial charge in [0.25, 0.3) is 11.5 Å². The monoisotopic (exact) mass is 329 g/mol. The molecular weight excluding hydrogens is 306 g/mol. The van der Waals surface area contributed by atoms with Crippen LogP contribution < -0.4 is 5.56 Å². The zero-order valence-corrected chi connectivity index (χ0v) is 13.9. The van der Waals surface area contributed by atoms with Crippen molar-refractivity contribution >= 4 is 5.91 Å². The number of carbonyl (C=O) groups is 1. The number of pyridine rings is 1. The van der Waals surface area contributed by atoms with Crippen molar-refractivity contribution in [3.05, 3.63) is 52.5 Å². The summed E-state index contributed by atoms with van der Waals surface area (Å²) in [5.41, 5.74) is -0.103. The van der Waals surface area contributed by atoms with Crippen LogP contribution in [0.2, 0.25) is 0 Å². The van der Waals surface area contributed by atoms with Crippen LogP contribution in [0.1, 0.15) is 23.1 Å². The van der Waals surface area contributed by atoms with Gasteiger partial charge in [0.2, 0.25) is 0 Å². The molecular formula is C17H23N5O2. The number of aryl methyl sites for hydroxylation is 1. The molecule has 1 aliphatic rings. The summed E-state index contributed by atoms with van der Waals surface area (Å²) in [6.45, 7) is 6.91. The normalized spacial score (nSPS) is 15.6. The largest absolute Gasteiger partial charge is 0.336 e. The van der Waals surface area contributed by atoms with Crippen LogP contribution in [0.5, 0.6) is 0 Å². The second-order valence-electron chi connectivity index (χ2n) is 5.94. The van der Waals surface area contributed by atoms with E-state index in [1.165, 1.54) is 6.20 Å². The molecule has 7 nitrogen and oxygen atoms in total. The lowest BCUT2D eigenvalue weighted by Crippen LogP contribution is -2.50. The number of aromatic amines is 1. The quantitative estimate of drug-likeness (QED) is 0.871. The lowest BCUT2D eigenvalue weighted by molar-refractivity contribution is 0.0631. The Hall–Kier alpha value is -2.41. The van der Waals surface area contributed by atoms with Gasteiger partial charge in [-0.25, -0.2) is 4.98 Å². The van der Waals surface area contributed by atoms with Crippen molar-refractivity contribution < 1.29 is 4.79 Å². The zero-order valence-electron chi connectivity index (χ0n) is 13.9. The van der Waals surface area contributed by atoms with Crippen LogP contribution >= 0.6 is 0 Å². The molecule has 1 aliphatic heterocycles. The van der Waals surface area contributed by atoms with E-state index >= 15 is 0 Å². The second-order valence-corrected chi connectivity index (χ2v) is 5.94. The SMILES string of the molecule is CCc1nccn1CCN1CCN(C(=O)c2ccc[nH]c2=O)CC1. The van der Waals surface area contributed by atoms with Gasteiger partial charge in [0.05, 0.1) is 0 Å². The van der Waals surface area contributed by atoms with E-state index < -0.39 is 0 Å². The smallest absolute Gasteiger partial charge is 0.260 e. The van der Waals surface area contributed by atoms with Crippen LogP contribution in [0.25, 0.3) is 0 Å². The number of aromatic nitrogens is 3. The number of H-pyrrole nitrogens is 1. The van der Waals surface area contributed by atoms with Gasteiger partial charge >= 0.3 is 0 Å². The maximum atomic E-state index is 12.4. The third-order valence-corrected chi connectivity index (χ3v) is 4.48. The predicted octanol–water partition coefficient (Wildman–Crippen LogP) is 0.592. The summed E-state index contributed by atoms with van der Waals surface area (Å²) in [7, 11) is 0. The second kappa shape index (κ2) is 7.44. The molecule has 0 aliphatic carbocycles. The molecule has 2 aromatic heterocycles. The van der Waals surface area contributed by atoms with Crippen molar-refractivity contribution in [2.24, 2.45) is 0 Å². The van der Waals surface area contributed by atoms with E-state index in [-0.39, 0.29) is 17.0 Å². The van der Waals surface area contributed by atoms with Crippen LogP contribution in [0.15, 0.2) is 35.5 Å². The molecule has 3 rings (SSSR count). The lowest BCUT2D eigenvalue weighted by Gasteiger charge is -2.34. The molecule has 0 bridgehead atoms. The highest BCUT2D eigenvalue weighted by atomic mass is 16.2. The maximum Gasteiger partial charge on any atom is 0.260 e. The van der Waals surface area contributed by atoms with Crippen molar-refractivity contribution in [2.75, 3.05) is 32.7 Å². The number of carbonyl (C=O) groups excluding carboxylic acids is 1. The lowest BCUT2D eigenvalue weighted by atomic mass is 10.2. The van der Waals surface area contributed by atoms with Crippen molar-refractivity contribution in [3.63, 3.8) is 0 Å². The summed E-state index contributed by atoms with van der Waals surface area (Å²) in [6, 6.07) is 3.26. The number of nitrogens with one attached hydrogen (secondary N) is 1. The van der Waals surface area contributed by atoms with Gasteiger partial charge in [-0.2, -0.15) is 0 Å². The topological polar surface area (TPSA) is 74.2 Å². The first kappa shape index (κ1) is 16.4. The Balaban J connectivity index is 1.52. The molecule has 1 amide bonds. The first-order chi connectivity index (χ1) is 11.7. The molecule has 1 fully saturated rings. The number of piperazine rings is 1. The number of amides is 1. The van der Waals surface area contributed by atoms with Gasteiger partial charge in [-0.1, -0.05) is 6.92 Å². The Morgan fingerprint density at radius 3 is 2.75 bits per heavy atom. The minimum Gasteiger partial charge on any atom is -0.336 e. The van der Waals surface area contributed by atoms with Crippen LogP contribution in [0, 0.1) is 0 Å². The van der Waals surface area contributed by atoms with Crippen molar-refractivity contribution in [1.29, 1.82) is 0 Å². The van der Waals surface area contributed by atoms with Gasteiger partial charge in [-0.05, 0) is 12.1 Å². The number of rotatable bonds is 5. The van der Waals surface area contributed by atoms with E-state index in [0.29, 0.717) is 13.1 Å². The number of imidazole rings is 1. The Morgan fingerprint density at radius 2 is 2.04 bits per heavy atom. The van der Waals surface area contributed by atoms with Crippen LogP contribution in [-0.2, 0) is 13.0 Å². The van der Waals surface area contributed by atoms with E-state index in [0.717, 1.165) is 38.4 Å². The molecule has 0 radical (unpaired) electrons. The van der Waals surface area contributed by atoms with Crippen LogP contribution in [-0.4, -0.2) is 63.0 Å². The van der Waals surface area contributed by atoms with Gasteiger partial charge in [0.15, 0.2) is 0 Å². The van der Waals surface area contributed by atoms with E-state index in [1.54, 1.807) is 17.0 Å². The van der Waals surface area contributed by atoms with Crippen LogP contribution in [0.4, 0.5) is 0 Å². The first-order valence-electron chi connectivity index (χ1n) is 8.38. The van der Waals surface area contributed by atoms with Gasteiger partial charge in [0.1, 0.15) is 11.4 Å². The Morgan fingerprint density at radius 1 is 1.25 bits per heavy atom.